The van der Waals surface area contributed by atoms with Crippen LogP contribution in [0.4, 0.5) is 0 Å². The number of nitrogens with one attached hydrogen (secondary N) is 2. The highest BCUT2D eigenvalue weighted by molar-refractivity contribution is 7.10. The maximum atomic E-state index is 13.0. The maximum absolute atomic E-state index is 13.0. The van der Waals surface area contributed by atoms with Crippen molar-refractivity contribution in [1.82, 2.24) is 10.6 Å². The lowest BCUT2D eigenvalue weighted by molar-refractivity contribution is -0.118. The van der Waals surface area contributed by atoms with Crippen LogP contribution in [-0.4, -0.2) is 24.5 Å². The van der Waals surface area contributed by atoms with Gasteiger partial charge in [0.1, 0.15) is 18.1 Å². The molecule has 1 heterocycles. The number of thiophene rings is 1. The van der Waals surface area contributed by atoms with Gasteiger partial charge < -0.3 is 15.4 Å². The molecule has 32 heavy (non-hydrogen) atoms. The Bertz CT molecular complexity index is 1120. The Morgan fingerprint density at radius 2 is 1.78 bits per heavy atom. The second-order valence-corrected chi connectivity index (χ2v) is 8.75. The molecule has 166 valence electrons. The standard InChI is InChI=1S/C26H28N2O3S/c1-17-11-12-21(14-19(17)3)31-16-20(4)27-26(30)24(15-22-9-7-13-32-22)28-25(29)23-10-6-5-8-18(23)2/h5-15,20H,16H2,1-4H3,(H,27,30)(H,28,29)/b24-15-/t20-/m0/s1. The largest absolute Gasteiger partial charge is 0.491 e. The van der Waals surface area contributed by atoms with Gasteiger partial charge in [0.2, 0.25) is 0 Å². The molecule has 0 aliphatic heterocycles. The van der Waals surface area contributed by atoms with Crippen LogP contribution < -0.4 is 15.4 Å². The van der Waals surface area contributed by atoms with Crippen LogP contribution in [0.25, 0.3) is 6.08 Å². The number of hydrogen-bond acceptors (Lipinski definition) is 4. The second kappa shape index (κ2) is 10.8. The first-order chi connectivity index (χ1) is 15.3. The molecule has 0 saturated carbocycles. The Hall–Kier alpha value is -3.38. The lowest BCUT2D eigenvalue weighted by Crippen LogP contribution is -2.41. The third-order valence-corrected chi connectivity index (χ3v) is 5.89. The zero-order valence-electron chi connectivity index (χ0n) is 18.8. The summed E-state index contributed by atoms with van der Waals surface area (Å²) in [6.45, 7) is 8.13. The lowest BCUT2D eigenvalue weighted by atomic mass is 10.1. The first-order valence-electron chi connectivity index (χ1n) is 10.5. The average molecular weight is 449 g/mol. The van der Waals surface area contributed by atoms with Crippen LogP contribution in [0.3, 0.4) is 0 Å². The Labute approximate surface area is 193 Å². The molecule has 1 atom stereocenters. The van der Waals surface area contributed by atoms with Gasteiger partial charge in [-0.15, -0.1) is 11.3 Å². The van der Waals surface area contributed by atoms with Crippen molar-refractivity contribution in [3.05, 3.63) is 92.8 Å². The van der Waals surface area contributed by atoms with E-state index >= 15 is 0 Å². The van der Waals surface area contributed by atoms with E-state index in [1.807, 2.05) is 68.6 Å². The van der Waals surface area contributed by atoms with Crippen molar-refractivity contribution in [2.75, 3.05) is 6.61 Å². The summed E-state index contributed by atoms with van der Waals surface area (Å²) in [5, 5.41) is 7.62. The predicted molar refractivity (Wildman–Crippen MR) is 130 cm³/mol. The normalized spacial score (nSPS) is 12.2. The van der Waals surface area contributed by atoms with Gasteiger partial charge in [-0.1, -0.05) is 30.3 Å². The highest BCUT2D eigenvalue weighted by atomic mass is 32.1. The Kier molecular flexibility index (Phi) is 7.84. The van der Waals surface area contributed by atoms with E-state index in [1.165, 1.54) is 16.9 Å². The fraction of sp³-hybridized carbons (Fsp3) is 0.231. The van der Waals surface area contributed by atoms with Gasteiger partial charge in [0, 0.05) is 10.4 Å². The maximum Gasteiger partial charge on any atom is 0.268 e. The number of carbonyl (C=O) groups excluding carboxylic acids is 2. The Morgan fingerprint density at radius 1 is 1.00 bits per heavy atom. The van der Waals surface area contributed by atoms with Gasteiger partial charge in [-0.25, -0.2) is 0 Å². The van der Waals surface area contributed by atoms with E-state index in [0.29, 0.717) is 12.2 Å². The Morgan fingerprint density at radius 3 is 2.47 bits per heavy atom. The van der Waals surface area contributed by atoms with Crippen molar-refractivity contribution in [3.8, 4) is 5.75 Å². The van der Waals surface area contributed by atoms with Crippen molar-refractivity contribution in [1.29, 1.82) is 0 Å². The van der Waals surface area contributed by atoms with Gasteiger partial charge in [-0.05, 0) is 80.1 Å². The summed E-state index contributed by atoms with van der Waals surface area (Å²) in [5.74, 6) is 0.0769. The van der Waals surface area contributed by atoms with Gasteiger partial charge in [-0.3, -0.25) is 9.59 Å². The van der Waals surface area contributed by atoms with Gasteiger partial charge >= 0.3 is 0 Å². The number of ether oxygens (including phenoxy) is 1. The van der Waals surface area contributed by atoms with Crippen LogP contribution in [-0.2, 0) is 4.79 Å². The third-order valence-electron chi connectivity index (χ3n) is 5.07. The van der Waals surface area contributed by atoms with Crippen molar-refractivity contribution in [2.45, 2.75) is 33.7 Å². The van der Waals surface area contributed by atoms with Crippen LogP contribution in [0.1, 0.15) is 38.8 Å². The number of rotatable bonds is 8. The molecular formula is C26H28N2O3S. The monoisotopic (exact) mass is 448 g/mol. The molecule has 0 unspecified atom stereocenters. The van der Waals surface area contributed by atoms with E-state index in [4.69, 9.17) is 4.74 Å². The summed E-state index contributed by atoms with van der Waals surface area (Å²) in [6.07, 6.45) is 1.69. The lowest BCUT2D eigenvalue weighted by Gasteiger charge is -2.17. The van der Waals surface area contributed by atoms with E-state index in [-0.39, 0.29) is 23.6 Å². The van der Waals surface area contributed by atoms with Crippen molar-refractivity contribution < 1.29 is 14.3 Å². The van der Waals surface area contributed by atoms with Crippen molar-refractivity contribution in [3.63, 3.8) is 0 Å². The number of aryl methyl sites for hydroxylation is 3. The molecule has 1 aromatic heterocycles. The molecule has 6 heteroatoms. The van der Waals surface area contributed by atoms with Crippen molar-refractivity contribution >= 4 is 29.2 Å². The molecule has 3 aromatic rings. The Balaban J connectivity index is 1.68. The summed E-state index contributed by atoms with van der Waals surface area (Å²) >= 11 is 1.49. The average Bonchev–Trinajstić information content (AvgIpc) is 3.27. The topological polar surface area (TPSA) is 67.4 Å². The van der Waals surface area contributed by atoms with E-state index in [9.17, 15) is 9.59 Å². The molecule has 0 spiro atoms. The summed E-state index contributed by atoms with van der Waals surface area (Å²) in [5.41, 5.74) is 3.92. The van der Waals surface area contributed by atoms with E-state index in [1.54, 1.807) is 18.2 Å². The van der Waals surface area contributed by atoms with Crippen molar-refractivity contribution in [2.24, 2.45) is 0 Å². The minimum Gasteiger partial charge on any atom is -0.491 e. The molecule has 0 bridgehead atoms. The van der Waals surface area contributed by atoms with E-state index in [0.717, 1.165) is 21.8 Å². The zero-order chi connectivity index (χ0) is 23.1. The first-order valence-corrected chi connectivity index (χ1v) is 11.3. The smallest absolute Gasteiger partial charge is 0.268 e. The second-order valence-electron chi connectivity index (χ2n) is 7.77. The number of amides is 2. The molecule has 3 rings (SSSR count). The molecule has 2 amide bonds. The van der Waals surface area contributed by atoms with Gasteiger partial charge in [0.25, 0.3) is 11.8 Å². The number of carbonyl (C=O) groups is 2. The van der Waals surface area contributed by atoms with Crippen LogP contribution >= 0.6 is 11.3 Å². The molecular weight excluding hydrogens is 420 g/mol. The minimum atomic E-state index is -0.364. The molecule has 0 saturated heterocycles. The van der Waals surface area contributed by atoms with Crippen LogP contribution in [0, 0.1) is 20.8 Å². The summed E-state index contributed by atoms with van der Waals surface area (Å²) in [7, 11) is 0. The van der Waals surface area contributed by atoms with E-state index in [2.05, 4.69) is 17.6 Å². The summed E-state index contributed by atoms with van der Waals surface area (Å²) in [4.78, 5) is 26.7. The highest BCUT2D eigenvalue weighted by Gasteiger charge is 2.18. The van der Waals surface area contributed by atoms with Crippen LogP contribution in [0.15, 0.2) is 65.7 Å². The molecule has 0 aliphatic carbocycles. The van der Waals surface area contributed by atoms with E-state index < -0.39 is 0 Å². The van der Waals surface area contributed by atoms with Crippen LogP contribution in [0.2, 0.25) is 0 Å². The minimum absolute atomic E-state index is 0.193. The summed E-state index contributed by atoms with van der Waals surface area (Å²) in [6, 6.07) is 16.7. The first kappa shape index (κ1) is 23.3. The molecule has 0 radical (unpaired) electrons. The highest BCUT2D eigenvalue weighted by Crippen LogP contribution is 2.17. The number of hydrogen-bond donors (Lipinski definition) is 2. The van der Waals surface area contributed by atoms with Gasteiger partial charge in [-0.2, -0.15) is 0 Å². The third kappa shape index (κ3) is 6.31. The van der Waals surface area contributed by atoms with Gasteiger partial charge in [0.05, 0.1) is 6.04 Å². The SMILES string of the molecule is Cc1ccc(OC[C@H](C)NC(=O)/C(=C/c2cccs2)NC(=O)c2ccccc2C)cc1C. The quantitative estimate of drug-likeness (QED) is 0.475. The molecule has 2 N–H and O–H groups in total. The predicted octanol–water partition coefficient (Wildman–Crippen LogP) is 5.03. The van der Waals surface area contributed by atoms with Crippen LogP contribution in [0.5, 0.6) is 5.75 Å². The van der Waals surface area contributed by atoms with Gasteiger partial charge in [0.15, 0.2) is 0 Å². The molecule has 0 aliphatic rings. The summed E-state index contributed by atoms with van der Waals surface area (Å²) < 4.78 is 5.84. The molecule has 0 fully saturated rings. The molecule has 2 aromatic carbocycles. The number of benzene rings is 2. The fourth-order valence-electron chi connectivity index (χ4n) is 3.06. The zero-order valence-corrected chi connectivity index (χ0v) is 19.6. The molecule has 5 nitrogen and oxygen atoms in total. The fourth-order valence-corrected chi connectivity index (χ4v) is 3.72.